The SMILES string of the molecule is Cc1c(C(=O)CCC2CCCCC2)oc2ccccc2c1=O. The van der Waals surface area contributed by atoms with Crippen LogP contribution in [-0.4, -0.2) is 5.78 Å². The second kappa shape index (κ2) is 6.47. The minimum absolute atomic E-state index is 0.0362. The molecule has 0 aliphatic heterocycles. The fraction of sp³-hybridized carbons (Fsp3) is 0.474. The molecule has 1 aliphatic carbocycles. The summed E-state index contributed by atoms with van der Waals surface area (Å²) in [5.74, 6) is 0.871. The van der Waals surface area contributed by atoms with Gasteiger partial charge in [-0.1, -0.05) is 44.2 Å². The number of Topliss-reactive ketones (excluding diaryl/α,β-unsaturated/α-hetero) is 1. The number of carbonyl (C=O) groups excluding carboxylic acids is 1. The van der Waals surface area contributed by atoms with Crippen LogP contribution >= 0.6 is 0 Å². The average Bonchev–Trinajstić information content (AvgIpc) is 2.57. The lowest BCUT2D eigenvalue weighted by Crippen LogP contribution is -2.14. The largest absolute Gasteiger partial charge is 0.452 e. The van der Waals surface area contributed by atoms with Crippen LogP contribution in [0.5, 0.6) is 0 Å². The summed E-state index contributed by atoms with van der Waals surface area (Å²) in [6, 6.07) is 7.11. The van der Waals surface area contributed by atoms with Crippen molar-refractivity contribution in [2.45, 2.75) is 51.9 Å². The Morgan fingerprint density at radius 3 is 2.68 bits per heavy atom. The molecule has 0 radical (unpaired) electrons. The van der Waals surface area contributed by atoms with E-state index in [-0.39, 0.29) is 17.0 Å². The number of hydrogen-bond acceptors (Lipinski definition) is 3. The molecule has 3 rings (SSSR count). The molecule has 116 valence electrons. The van der Waals surface area contributed by atoms with Gasteiger partial charge in [-0.05, 0) is 31.4 Å². The minimum atomic E-state index is -0.0946. The summed E-state index contributed by atoms with van der Waals surface area (Å²) >= 11 is 0. The fourth-order valence-corrected chi connectivity index (χ4v) is 3.43. The summed E-state index contributed by atoms with van der Waals surface area (Å²) in [5.41, 5.74) is 0.842. The third-order valence-corrected chi connectivity index (χ3v) is 4.78. The van der Waals surface area contributed by atoms with E-state index in [1.54, 1.807) is 19.1 Å². The predicted octanol–water partition coefficient (Wildman–Crippen LogP) is 4.64. The lowest BCUT2D eigenvalue weighted by molar-refractivity contribution is 0.0942. The summed E-state index contributed by atoms with van der Waals surface area (Å²) in [7, 11) is 0. The summed E-state index contributed by atoms with van der Waals surface area (Å²) in [5, 5.41) is 0.545. The number of ketones is 1. The van der Waals surface area contributed by atoms with Gasteiger partial charge in [0.1, 0.15) is 5.58 Å². The molecule has 0 atom stereocenters. The minimum Gasteiger partial charge on any atom is -0.452 e. The first-order valence-corrected chi connectivity index (χ1v) is 8.22. The topological polar surface area (TPSA) is 47.3 Å². The molecule has 0 saturated heterocycles. The molecule has 22 heavy (non-hydrogen) atoms. The quantitative estimate of drug-likeness (QED) is 0.772. The molecule has 1 heterocycles. The highest BCUT2D eigenvalue weighted by Gasteiger charge is 2.20. The number of carbonyl (C=O) groups is 1. The lowest BCUT2D eigenvalue weighted by atomic mass is 9.85. The highest BCUT2D eigenvalue weighted by molar-refractivity contribution is 5.96. The molecule has 1 fully saturated rings. The Morgan fingerprint density at radius 2 is 1.91 bits per heavy atom. The molecule has 3 heteroatoms. The van der Waals surface area contributed by atoms with Gasteiger partial charge in [0.25, 0.3) is 0 Å². The standard InChI is InChI=1S/C19H22O3/c1-13-18(21)15-9-5-6-10-17(15)22-19(13)16(20)12-11-14-7-3-2-4-8-14/h5-6,9-10,14H,2-4,7-8,11-12H2,1H3. The van der Waals surface area contributed by atoms with Crippen molar-refractivity contribution in [1.82, 2.24) is 0 Å². The number of fused-ring (bicyclic) bond motifs is 1. The second-order valence-electron chi connectivity index (χ2n) is 6.35. The first kappa shape index (κ1) is 15.0. The van der Waals surface area contributed by atoms with Crippen molar-refractivity contribution in [2.75, 3.05) is 0 Å². The van der Waals surface area contributed by atoms with E-state index in [9.17, 15) is 9.59 Å². The number of benzene rings is 1. The van der Waals surface area contributed by atoms with Crippen LogP contribution < -0.4 is 5.43 Å². The average molecular weight is 298 g/mol. The highest BCUT2D eigenvalue weighted by atomic mass is 16.3. The van der Waals surface area contributed by atoms with E-state index < -0.39 is 0 Å². The van der Waals surface area contributed by atoms with Crippen molar-refractivity contribution in [3.63, 3.8) is 0 Å². The van der Waals surface area contributed by atoms with Crippen molar-refractivity contribution in [3.05, 3.63) is 45.8 Å². The van der Waals surface area contributed by atoms with Crippen molar-refractivity contribution in [2.24, 2.45) is 5.92 Å². The van der Waals surface area contributed by atoms with Gasteiger partial charge >= 0.3 is 0 Å². The van der Waals surface area contributed by atoms with Crippen molar-refractivity contribution in [3.8, 4) is 0 Å². The van der Waals surface area contributed by atoms with Gasteiger partial charge in [-0.2, -0.15) is 0 Å². The van der Waals surface area contributed by atoms with Crippen LogP contribution in [0.3, 0.4) is 0 Å². The second-order valence-corrected chi connectivity index (χ2v) is 6.35. The third-order valence-electron chi connectivity index (χ3n) is 4.78. The van der Waals surface area contributed by atoms with Gasteiger partial charge in [0.05, 0.1) is 5.39 Å². The van der Waals surface area contributed by atoms with E-state index >= 15 is 0 Å². The zero-order valence-corrected chi connectivity index (χ0v) is 13.1. The maximum atomic E-state index is 12.5. The molecule has 1 saturated carbocycles. The molecule has 0 bridgehead atoms. The maximum absolute atomic E-state index is 12.5. The first-order chi connectivity index (χ1) is 10.7. The Hall–Kier alpha value is -1.90. The van der Waals surface area contributed by atoms with Crippen LogP contribution in [0.4, 0.5) is 0 Å². The Balaban J connectivity index is 1.81. The molecular formula is C19H22O3. The zero-order valence-electron chi connectivity index (χ0n) is 13.1. The van der Waals surface area contributed by atoms with Gasteiger partial charge in [-0.3, -0.25) is 9.59 Å². The Labute approximate surface area is 130 Å². The van der Waals surface area contributed by atoms with E-state index in [4.69, 9.17) is 4.42 Å². The van der Waals surface area contributed by atoms with Crippen molar-refractivity contribution >= 4 is 16.8 Å². The first-order valence-electron chi connectivity index (χ1n) is 8.22. The summed E-state index contributed by atoms with van der Waals surface area (Å²) in [6.45, 7) is 1.69. The predicted molar refractivity (Wildman–Crippen MR) is 87.4 cm³/mol. The Kier molecular flexibility index (Phi) is 4.41. The van der Waals surface area contributed by atoms with Crippen LogP contribution in [0.2, 0.25) is 0 Å². The van der Waals surface area contributed by atoms with Crippen molar-refractivity contribution in [1.29, 1.82) is 0 Å². The third kappa shape index (κ3) is 2.99. The van der Waals surface area contributed by atoms with Crippen LogP contribution in [0, 0.1) is 12.8 Å². The van der Waals surface area contributed by atoms with E-state index in [1.165, 1.54) is 32.1 Å². The van der Waals surface area contributed by atoms with Gasteiger partial charge in [0, 0.05) is 12.0 Å². The lowest BCUT2D eigenvalue weighted by Gasteiger charge is -2.20. The van der Waals surface area contributed by atoms with Gasteiger partial charge in [0.15, 0.2) is 17.0 Å². The monoisotopic (exact) mass is 298 g/mol. The Bertz CT molecular complexity index is 736. The molecule has 1 aromatic heterocycles. The molecule has 0 N–H and O–H groups in total. The fourth-order valence-electron chi connectivity index (χ4n) is 3.43. The summed E-state index contributed by atoms with van der Waals surface area (Å²) in [6.07, 6.45) is 7.73. The van der Waals surface area contributed by atoms with E-state index in [0.29, 0.717) is 28.9 Å². The molecule has 1 aromatic carbocycles. The summed E-state index contributed by atoms with van der Waals surface area (Å²) < 4.78 is 5.73. The van der Waals surface area contributed by atoms with Gasteiger partial charge in [-0.15, -0.1) is 0 Å². The smallest absolute Gasteiger partial charge is 0.198 e. The van der Waals surface area contributed by atoms with Crippen molar-refractivity contribution < 1.29 is 9.21 Å². The van der Waals surface area contributed by atoms with Crippen LogP contribution in [0.25, 0.3) is 11.0 Å². The molecule has 3 nitrogen and oxygen atoms in total. The highest BCUT2D eigenvalue weighted by Crippen LogP contribution is 2.28. The Morgan fingerprint density at radius 1 is 1.18 bits per heavy atom. The molecule has 2 aromatic rings. The van der Waals surface area contributed by atoms with E-state index in [2.05, 4.69) is 0 Å². The molecule has 0 unspecified atom stereocenters. The van der Waals surface area contributed by atoms with Crippen LogP contribution in [0.15, 0.2) is 33.5 Å². The molecule has 0 spiro atoms. The number of hydrogen-bond donors (Lipinski definition) is 0. The molecule has 0 amide bonds. The molecular weight excluding hydrogens is 276 g/mol. The molecule has 1 aliphatic rings. The van der Waals surface area contributed by atoms with Crippen LogP contribution in [0.1, 0.15) is 61.1 Å². The van der Waals surface area contributed by atoms with E-state index in [0.717, 1.165) is 6.42 Å². The van der Waals surface area contributed by atoms with Gasteiger partial charge < -0.3 is 4.42 Å². The van der Waals surface area contributed by atoms with Crippen LogP contribution in [-0.2, 0) is 0 Å². The van der Waals surface area contributed by atoms with Gasteiger partial charge in [-0.25, -0.2) is 0 Å². The number of para-hydroxylation sites is 1. The summed E-state index contributed by atoms with van der Waals surface area (Å²) in [4.78, 5) is 24.8. The van der Waals surface area contributed by atoms with E-state index in [1.807, 2.05) is 12.1 Å². The normalized spacial score (nSPS) is 16.0. The zero-order chi connectivity index (χ0) is 15.5. The maximum Gasteiger partial charge on any atom is 0.198 e. The number of rotatable bonds is 4. The van der Waals surface area contributed by atoms with Gasteiger partial charge in [0.2, 0.25) is 0 Å².